The molecule has 1 atom stereocenters. The van der Waals surface area contributed by atoms with Crippen LogP contribution in [0.5, 0.6) is 0 Å². The van der Waals surface area contributed by atoms with E-state index in [4.69, 9.17) is 5.26 Å². The topological polar surface area (TPSA) is 61.8 Å². The van der Waals surface area contributed by atoms with Gasteiger partial charge >= 0.3 is 0 Å². The van der Waals surface area contributed by atoms with Gasteiger partial charge in [-0.05, 0) is 12.5 Å². The van der Waals surface area contributed by atoms with E-state index in [1.807, 2.05) is 13.0 Å². The Kier molecular flexibility index (Phi) is 2.46. The number of hydrogen-bond donors (Lipinski definition) is 1. The highest BCUT2D eigenvalue weighted by Gasteiger charge is 2.13. The number of aliphatic hydroxyl groups is 1. The van der Waals surface area contributed by atoms with Crippen LogP contribution < -0.4 is 0 Å². The summed E-state index contributed by atoms with van der Waals surface area (Å²) in [6.45, 7) is 1.86. The van der Waals surface area contributed by atoms with Crippen molar-refractivity contribution >= 4 is 0 Å². The Morgan fingerprint density at radius 1 is 1.83 bits per heavy atom. The molecule has 0 aliphatic heterocycles. The summed E-state index contributed by atoms with van der Waals surface area (Å²) in [6.07, 6.45) is 1.07. The molecule has 1 aromatic heterocycles. The quantitative estimate of drug-likeness (QED) is 0.700. The lowest BCUT2D eigenvalue weighted by Gasteiger charge is -2.07. The number of nitrogens with zero attached hydrogens (tertiary/aromatic N) is 3. The Balaban J connectivity index is 2.94. The highest BCUT2D eigenvalue weighted by Crippen LogP contribution is 2.18. The third kappa shape index (κ3) is 1.46. The maximum absolute atomic E-state index is 9.49. The zero-order valence-electron chi connectivity index (χ0n) is 7.15. The van der Waals surface area contributed by atoms with Crippen LogP contribution in [0.2, 0.25) is 0 Å². The van der Waals surface area contributed by atoms with Crippen LogP contribution in [0.1, 0.15) is 23.8 Å². The van der Waals surface area contributed by atoms with Gasteiger partial charge in [0.25, 0.3) is 0 Å². The fourth-order valence-electron chi connectivity index (χ4n) is 1.22. The number of rotatable bonds is 2. The van der Waals surface area contributed by atoms with Crippen LogP contribution in [-0.2, 0) is 7.05 Å². The first-order valence-corrected chi connectivity index (χ1v) is 3.70. The Hall–Kier alpha value is -1.34. The van der Waals surface area contributed by atoms with E-state index in [2.05, 4.69) is 5.10 Å². The predicted molar refractivity (Wildman–Crippen MR) is 43.1 cm³/mol. The summed E-state index contributed by atoms with van der Waals surface area (Å²) in [6, 6.07) is 1.92. The second-order valence-electron chi connectivity index (χ2n) is 2.71. The summed E-state index contributed by atoms with van der Waals surface area (Å²) >= 11 is 0. The van der Waals surface area contributed by atoms with Gasteiger partial charge in [-0.2, -0.15) is 10.4 Å². The summed E-state index contributed by atoms with van der Waals surface area (Å²) in [5.41, 5.74) is 1.64. The van der Waals surface area contributed by atoms with Crippen molar-refractivity contribution in [3.63, 3.8) is 0 Å². The van der Waals surface area contributed by atoms with Gasteiger partial charge in [0.2, 0.25) is 0 Å². The van der Waals surface area contributed by atoms with Crippen LogP contribution in [0.25, 0.3) is 0 Å². The molecule has 0 saturated carbocycles. The average Bonchev–Trinajstić information content (AvgIpc) is 2.32. The van der Waals surface area contributed by atoms with Gasteiger partial charge in [-0.25, -0.2) is 0 Å². The van der Waals surface area contributed by atoms with Crippen molar-refractivity contribution in [2.75, 3.05) is 0 Å². The van der Waals surface area contributed by atoms with Crippen molar-refractivity contribution in [3.8, 4) is 6.07 Å². The second-order valence-corrected chi connectivity index (χ2v) is 2.71. The fourth-order valence-corrected chi connectivity index (χ4v) is 1.22. The highest BCUT2D eigenvalue weighted by molar-refractivity contribution is 5.18. The molecule has 1 unspecified atom stereocenters. The molecule has 1 heterocycles. The Bertz CT molecular complexity index is 291. The van der Waals surface area contributed by atoms with Gasteiger partial charge < -0.3 is 5.11 Å². The van der Waals surface area contributed by atoms with E-state index in [0.717, 1.165) is 11.3 Å². The first-order valence-electron chi connectivity index (χ1n) is 3.70. The molecule has 1 N–H and O–H groups in total. The van der Waals surface area contributed by atoms with Gasteiger partial charge in [0.1, 0.15) is 6.10 Å². The summed E-state index contributed by atoms with van der Waals surface area (Å²) in [7, 11) is 1.75. The Morgan fingerprint density at radius 2 is 2.50 bits per heavy atom. The molecule has 4 nitrogen and oxygen atoms in total. The van der Waals surface area contributed by atoms with E-state index in [1.165, 1.54) is 0 Å². The van der Waals surface area contributed by atoms with Crippen molar-refractivity contribution in [1.29, 1.82) is 5.26 Å². The molecule has 12 heavy (non-hydrogen) atoms. The molecule has 4 heteroatoms. The van der Waals surface area contributed by atoms with E-state index < -0.39 is 6.10 Å². The predicted octanol–water partition coefficient (Wildman–Crippen LogP) is 0.676. The molecule has 64 valence electrons. The normalized spacial score (nSPS) is 12.5. The minimum Gasteiger partial charge on any atom is -0.386 e. The number of nitriles is 1. The minimum absolute atomic E-state index is 0.111. The van der Waals surface area contributed by atoms with Crippen molar-refractivity contribution in [2.24, 2.45) is 7.05 Å². The fraction of sp³-hybridized carbons (Fsp3) is 0.500. The maximum atomic E-state index is 9.49. The van der Waals surface area contributed by atoms with E-state index >= 15 is 0 Å². The standard InChI is InChI=1S/C8H11N3O/c1-6-5-10-11(2)8(6)7(12)3-4-9/h5,7,12H,3H2,1-2H3. The monoisotopic (exact) mass is 165 g/mol. The first-order chi connectivity index (χ1) is 5.66. The molecular weight excluding hydrogens is 154 g/mol. The zero-order chi connectivity index (χ0) is 9.14. The third-order valence-electron chi connectivity index (χ3n) is 1.78. The zero-order valence-corrected chi connectivity index (χ0v) is 7.15. The molecule has 1 aromatic rings. The second kappa shape index (κ2) is 3.37. The van der Waals surface area contributed by atoms with Crippen LogP contribution in [-0.4, -0.2) is 14.9 Å². The van der Waals surface area contributed by atoms with Crippen molar-refractivity contribution in [1.82, 2.24) is 9.78 Å². The van der Waals surface area contributed by atoms with E-state index in [1.54, 1.807) is 17.9 Å². The summed E-state index contributed by atoms with van der Waals surface area (Å²) in [5.74, 6) is 0. The molecular formula is C8H11N3O. The molecule has 0 aromatic carbocycles. The van der Waals surface area contributed by atoms with Gasteiger partial charge in [-0.1, -0.05) is 0 Å². The molecule has 0 fully saturated rings. The van der Waals surface area contributed by atoms with Crippen LogP contribution in [0, 0.1) is 18.3 Å². The number of hydrogen-bond acceptors (Lipinski definition) is 3. The molecule has 0 amide bonds. The average molecular weight is 165 g/mol. The van der Waals surface area contributed by atoms with Crippen LogP contribution >= 0.6 is 0 Å². The van der Waals surface area contributed by atoms with Crippen LogP contribution in [0.15, 0.2) is 6.20 Å². The van der Waals surface area contributed by atoms with Gasteiger partial charge in [0, 0.05) is 7.05 Å². The van der Waals surface area contributed by atoms with E-state index in [0.29, 0.717) is 0 Å². The number of aliphatic hydroxyl groups excluding tert-OH is 1. The third-order valence-corrected chi connectivity index (χ3v) is 1.78. The Morgan fingerprint density at radius 3 is 2.92 bits per heavy atom. The largest absolute Gasteiger partial charge is 0.386 e. The molecule has 0 aliphatic carbocycles. The summed E-state index contributed by atoms with van der Waals surface area (Å²) < 4.78 is 1.59. The van der Waals surface area contributed by atoms with Crippen LogP contribution in [0.4, 0.5) is 0 Å². The van der Waals surface area contributed by atoms with Gasteiger partial charge in [0.15, 0.2) is 0 Å². The molecule has 0 spiro atoms. The van der Waals surface area contributed by atoms with Gasteiger partial charge in [-0.15, -0.1) is 0 Å². The lowest BCUT2D eigenvalue weighted by atomic mass is 10.1. The lowest BCUT2D eigenvalue weighted by Crippen LogP contribution is -2.05. The summed E-state index contributed by atoms with van der Waals surface area (Å²) in [4.78, 5) is 0. The number of aryl methyl sites for hydroxylation is 2. The lowest BCUT2D eigenvalue weighted by molar-refractivity contribution is 0.172. The first kappa shape index (κ1) is 8.75. The Labute approximate surface area is 71.1 Å². The minimum atomic E-state index is -0.720. The molecule has 0 bridgehead atoms. The molecule has 0 radical (unpaired) electrons. The maximum Gasteiger partial charge on any atom is 0.109 e. The van der Waals surface area contributed by atoms with E-state index in [-0.39, 0.29) is 6.42 Å². The summed E-state index contributed by atoms with van der Waals surface area (Å²) in [5, 5.41) is 21.8. The van der Waals surface area contributed by atoms with E-state index in [9.17, 15) is 5.11 Å². The van der Waals surface area contributed by atoms with Crippen molar-refractivity contribution in [2.45, 2.75) is 19.4 Å². The molecule has 0 aliphatic rings. The molecule has 0 saturated heterocycles. The van der Waals surface area contributed by atoms with Gasteiger partial charge in [-0.3, -0.25) is 4.68 Å². The SMILES string of the molecule is Cc1cnn(C)c1C(O)CC#N. The highest BCUT2D eigenvalue weighted by atomic mass is 16.3. The number of aromatic nitrogens is 2. The van der Waals surface area contributed by atoms with Crippen molar-refractivity contribution in [3.05, 3.63) is 17.5 Å². The van der Waals surface area contributed by atoms with Crippen LogP contribution in [0.3, 0.4) is 0 Å². The van der Waals surface area contributed by atoms with Gasteiger partial charge in [0.05, 0.1) is 24.4 Å². The smallest absolute Gasteiger partial charge is 0.109 e. The molecule has 1 rings (SSSR count). The van der Waals surface area contributed by atoms with Crippen molar-refractivity contribution < 1.29 is 5.11 Å².